The molecule has 3 aromatic rings. The number of benzene rings is 2. The van der Waals surface area contributed by atoms with E-state index in [4.69, 9.17) is 0 Å². The highest BCUT2D eigenvalue weighted by molar-refractivity contribution is 7.92. The average Bonchev–Trinajstić information content (AvgIpc) is 2.78. The smallest absolute Gasteiger partial charge is 0.253 e. The predicted octanol–water partition coefficient (Wildman–Crippen LogP) is 2.69. The molecule has 1 heterocycles. The summed E-state index contributed by atoms with van der Waals surface area (Å²) in [5.74, 6) is -3.65. The van der Waals surface area contributed by atoms with Crippen LogP contribution < -0.4 is 14.9 Å². The van der Waals surface area contributed by atoms with Crippen molar-refractivity contribution in [2.75, 3.05) is 22.4 Å². The summed E-state index contributed by atoms with van der Waals surface area (Å²) in [6, 6.07) is 12.2. The fourth-order valence-corrected chi connectivity index (χ4v) is 3.78. The Hall–Kier alpha value is -3.86. The van der Waals surface area contributed by atoms with Crippen LogP contribution in [0.1, 0.15) is 15.9 Å². The molecule has 0 aliphatic heterocycles. The highest BCUT2D eigenvalue weighted by Gasteiger charge is 2.23. The molecule has 0 spiro atoms. The van der Waals surface area contributed by atoms with Gasteiger partial charge >= 0.3 is 0 Å². The molecule has 3 rings (SSSR count). The molecule has 0 atom stereocenters. The normalized spacial score (nSPS) is 11.0. The van der Waals surface area contributed by atoms with Crippen LogP contribution in [0.2, 0.25) is 0 Å². The average molecular weight is 474 g/mol. The zero-order chi connectivity index (χ0) is 24.0. The summed E-state index contributed by atoms with van der Waals surface area (Å²) >= 11 is 0. The van der Waals surface area contributed by atoms with Crippen LogP contribution in [0.4, 0.5) is 20.2 Å². The van der Waals surface area contributed by atoms with Crippen LogP contribution in [0.5, 0.6) is 0 Å². The minimum Gasteiger partial charge on any atom is -0.348 e. The summed E-state index contributed by atoms with van der Waals surface area (Å²) in [6.07, 6.45) is 4.05. The third-order valence-corrected chi connectivity index (χ3v) is 5.64. The van der Waals surface area contributed by atoms with Crippen molar-refractivity contribution in [1.29, 1.82) is 0 Å². The third kappa shape index (κ3) is 6.32. The Bertz CT molecular complexity index is 1270. The number of carbonyl (C=O) groups is 2. The second kappa shape index (κ2) is 10.2. The molecule has 0 aliphatic carbocycles. The molecule has 2 aromatic carbocycles. The predicted molar refractivity (Wildman–Crippen MR) is 119 cm³/mol. The van der Waals surface area contributed by atoms with Gasteiger partial charge in [0.25, 0.3) is 5.91 Å². The van der Waals surface area contributed by atoms with Crippen molar-refractivity contribution in [3.8, 4) is 0 Å². The SMILES string of the molecule is CS(=O)(=O)N(CC(=O)Nc1ccccc1C(=O)NCc1cccnc1)c1ccc(F)c(F)c1. The molecule has 0 radical (unpaired) electrons. The quantitative estimate of drug-likeness (QED) is 0.522. The van der Waals surface area contributed by atoms with Crippen LogP contribution in [0.25, 0.3) is 0 Å². The van der Waals surface area contributed by atoms with Gasteiger partial charge in [0, 0.05) is 25.0 Å². The number of amides is 2. The maximum atomic E-state index is 13.6. The Morgan fingerprint density at radius 3 is 2.45 bits per heavy atom. The lowest BCUT2D eigenvalue weighted by atomic mass is 10.1. The molecular weight excluding hydrogens is 454 g/mol. The topological polar surface area (TPSA) is 108 Å². The molecule has 172 valence electrons. The Kier molecular flexibility index (Phi) is 7.34. The largest absolute Gasteiger partial charge is 0.348 e. The van der Waals surface area contributed by atoms with Crippen LogP contribution >= 0.6 is 0 Å². The summed E-state index contributed by atoms with van der Waals surface area (Å²) in [6.45, 7) is -0.498. The van der Waals surface area contributed by atoms with E-state index >= 15 is 0 Å². The van der Waals surface area contributed by atoms with Crippen molar-refractivity contribution >= 4 is 33.2 Å². The van der Waals surface area contributed by atoms with Crippen molar-refractivity contribution in [3.05, 3.63) is 89.8 Å². The number of rotatable bonds is 8. The number of pyridine rings is 1. The molecule has 33 heavy (non-hydrogen) atoms. The molecule has 1 aromatic heterocycles. The van der Waals surface area contributed by atoms with Crippen LogP contribution in [-0.4, -0.2) is 38.0 Å². The second-order valence-corrected chi connectivity index (χ2v) is 8.91. The van der Waals surface area contributed by atoms with Crippen LogP contribution in [0, 0.1) is 11.6 Å². The Morgan fingerprint density at radius 2 is 1.79 bits per heavy atom. The van der Waals surface area contributed by atoms with Gasteiger partial charge in [0.05, 0.1) is 23.2 Å². The van der Waals surface area contributed by atoms with Gasteiger partial charge in [-0.05, 0) is 35.9 Å². The van der Waals surface area contributed by atoms with Gasteiger partial charge in [-0.15, -0.1) is 0 Å². The molecule has 2 amide bonds. The number of nitrogens with one attached hydrogen (secondary N) is 2. The van der Waals surface area contributed by atoms with E-state index in [9.17, 15) is 26.8 Å². The first-order chi connectivity index (χ1) is 15.6. The van der Waals surface area contributed by atoms with Gasteiger partial charge in [0.2, 0.25) is 15.9 Å². The molecule has 11 heteroatoms. The van der Waals surface area contributed by atoms with E-state index in [1.165, 1.54) is 12.1 Å². The second-order valence-electron chi connectivity index (χ2n) is 7.01. The van der Waals surface area contributed by atoms with Crippen molar-refractivity contribution in [2.45, 2.75) is 6.54 Å². The first kappa shape index (κ1) is 23.8. The van der Waals surface area contributed by atoms with E-state index in [1.54, 1.807) is 36.7 Å². The molecular formula is C22H20F2N4O4S. The van der Waals surface area contributed by atoms with Crippen molar-refractivity contribution in [1.82, 2.24) is 10.3 Å². The molecule has 2 N–H and O–H groups in total. The maximum Gasteiger partial charge on any atom is 0.253 e. The fourth-order valence-electron chi connectivity index (χ4n) is 2.93. The number of carbonyl (C=O) groups excluding carboxylic acids is 2. The summed E-state index contributed by atoms with van der Waals surface area (Å²) in [7, 11) is -4.00. The van der Waals surface area contributed by atoms with Crippen molar-refractivity contribution in [3.63, 3.8) is 0 Å². The molecule has 0 fully saturated rings. The molecule has 0 saturated heterocycles. The van der Waals surface area contributed by atoms with E-state index < -0.39 is 40.0 Å². The Morgan fingerprint density at radius 1 is 1.03 bits per heavy atom. The minimum atomic E-state index is -4.00. The Labute approximate surface area is 189 Å². The van der Waals surface area contributed by atoms with Gasteiger partial charge < -0.3 is 10.6 Å². The number of hydrogen-bond donors (Lipinski definition) is 2. The summed E-state index contributed by atoms with van der Waals surface area (Å²) in [4.78, 5) is 29.2. The number of sulfonamides is 1. The first-order valence-electron chi connectivity index (χ1n) is 9.64. The lowest BCUT2D eigenvalue weighted by Gasteiger charge is -2.22. The van der Waals surface area contributed by atoms with E-state index in [0.29, 0.717) is 10.4 Å². The highest BCUT2D eigenvalue weighted by atomic mass is 32.2. The Balaban J connectivity index is 1.75. The zero-order valence-corrected chi connectivity index (χ0v) is 18.3. The van der Waals surface area contributed by atoms with Crippen LogP contribution in [0.3, 0.4) is 0 Å². The lowest BCUT2D eigenvalue weighted by Crippen LogP contribution is -2.38. The number of aromatic nitrogens is 1. The van der Waals surface area contributed by atoms with Gasteiger partial charge in [0.1, 0.15) is 6.54 Å². The number of para-hydroxylation sites is 1. The van der Waals surface area contributed by atoms with Gasteiger partial charge in [-0.2, -0.15) is 0 Å². The van der Waals surface area contributed by atoms with E-state index in [2.05, 4.69) is 15.6 Å². The first-order valence-corrected chi connectivity index (χ1v) is 11.5. The van der Waals surface area contributed by atoms with Gasteiger partial charge in [-0.3, -0.25) is 18.9 Å². The van der Waals surface area contributed by atoms with E-state index in [1.807, 2.05) is 0 Å². The number of halogens is 2. The molecule has 0 unspecified atom stereocenters. The highest BCUT2D eigenvalue weighted by Crippen LogP contribution is 2.21. The van der Waals surface area contributed by atoms with Crippen LogP contribution in [0.15, 0.2) is 67.0 Å². The molecule has 0 saturated carbocycles. The molecule has 8 nitrogen and oxygen atoms in total. The van der Waals surface area contributed by atoms with E-state index in [-0.39, 0.29) is 23.5 Å². The minimum absolute atomic E-state index is 0.157. The number of anilines is 2. The zero-order valence-electron chi connectivity index (χ0n) is 17.5. The third-order valence-electron chi connectivity index (χ3n) is 4.50. The van der Waals surface area contributed by atoms with Gasteiger partial charge in [-0.1, -0.05) is 18.2 Å². The fraction of sp³-hybridized carbons (Fsp3) is 0.136. The summed E-state index contributed by atoms with van der Waals surface area (Å²) < 4.78 is 51.8. The molecule has 0 aliphatic rings. The van der Waals surface area contributed by atoms with Gasteiger partial charge in [-0.25, -0.2) is 17.2 Å². The van der Waals surface area contributed by atoms with Crippen LogP contribution in [-0.2, 0) is 21.4 Å². The number of hydrogen-bond acceptors (Lipinski definition) is 5. The standard InChI is InChI=1S/C22H20F2N4O4S/c1-33(31,32)28(16-8-9-18(23)19(24)11-16)14-21(29)27-20-7-3-2-6-17(20)22(30)26-13-15-5-4-10-25-12-15/h2-12H,13-14H2,1H3,(H,26,30)(H,27,29). The van der Waals surface area contributed by atoms with Crippen molar-refractivity contribution < 1.29 is 26.8 Å². The summed E-state index contributed by atoms with van der Waals surface area (Å²) in [5.41, 5.74) is 0.884. The molecule has 0 bridgehead atoms. The van der Waals surface area contributed by atoms with Gasteiger partial charge in [0.15, 0.2) is 11.6 Å². The monoisotopic (exact) mass is 474 g/mol. The van der Waals surface area contributed by atoms with Crippen molar-refractivity contribution in [2.24, 2.45) is 0 Å². The maximum absolute atomic E-state index is 13.6. The summed E-state index contributed by atoms with van der Waals surface area (Å²) in [5, 5.41) is 5.22. The number of nitrogens with zero attached hydrogens (tertiary/aromatic N) is 2. The lowest BCUT2D eigenvalue weighted by molar-refractivity contribution is -0.114. The van der Waals surface area contributed by atoms with E-state index in [0.717, 1.165) is 24.0 Å².